The SMILES string of the molecule is CCOC(COc1ccc(CO)cc1)OCC. The van der Waals surface area contributed by atoms with Gasteiger partial charge < -0.3 is 19.3 Å². The molecule has 96 valence electrons. The van der Waals surface area contributed by atoms with Crippen molar-refractivity contribution in [3.8, 4) is 5.75 Å². The summed E-state index contributed by atoms with van der Waals surface area (Å²) >= 11 is 0. The molecule has 0 amide bonds. The average Bonchev–Trinajstić information content (AvgIpc) is 2.37. The molecule has 0 aliphatic heterocycles. The molecular weight excluding hydrogens is 220 g/mol. The van der Waals surface area contributed by atoms with E-state index in [1.54, 1.807) is 0 Å². The van der Waals surface area contributed by atoms with Gasteiger partial charge in [0.2, 0.25) is 0 Å². The average molecular weight is 240 g/mol. The summed E-state index contributed by atoms with van der Waals surface area (Å²) < 4.78 is 16.3. The standard InChI is InChI=1S/C13H20O4/c1-3-15-13(16-4-2)10-17-12-7-5-11(9-14)6-8-12/h5-8,13-14H,3-4,9-10H2,1-2H3. The fraction of sp³-hybridized carbons (Fsp3) is 0.538. The Kier molecular flexibility index (Phi) is 6.62. The Balaban J connectivity index is 2.41. The zero-order valence-electron chi connectivity index (χ0n) is 10.4. The molecule has 1 aromatic carbocycles. The molecule has 0 fully saturated rings. The number of hydrogen-bond acceptors (Lipinski definition) is 4. The smallest absolute Gasteiger partial charge is 0.191 e. The predicted octanol–water partition coefficient (Wildman–Crippen LogP) is 1.96. The number of aliphatic hydroxyl groups is 1. The summed E-state index contributed by atoms with van der Waals surface area (Å²) in [5.41, 5.74) is 0.864. The summed E-state index contributed by atoms with van der Waals surface area (Å²) in [6.07, 6.45) is -0.331. The topological polar surface area (TPSA) is 47.9 Å². The van der Waals surface area contributed by atoms with E-state index in [-0.39, 0.29) is 12.9 Å². The van der Waals surface area contributed by atoms with Gasteiger partial charge in [-0.3, -0.25) is 0 Å². The van der Waals surface area contributed by atoms with E-state index >= 15 is 0 Å². The minimum Gasteiger partial charge on any atom is -0.488 e. The molecule has 4 heteroatoms. The lowest BCUT2D eigenvalue weighted by Crippen LogP contribution is -2.25. The number of benzene rings is 1. The summed E-state index contributed by atoms with van der Waals surface area (Å²) in [5.74, 6) is 0.742. The summed E-state index contributed by atoms with van der Waals surface area (Å²) in [6, 6.07) is 7.29. The van der Waals surface area contributed by atoms with Crippen LogP contribution in [0.2, 0.25) is 0 Å². The minimum absolute atomic E-state index is 0.0425. The fourth-order valence-electron chi connectivity index (χ4n) is 1.37. The van der Waals surface area contributed by atoms with Crippen LogP contribution >= 0.6 is 0 Å². The van der Waals surface area contributed by atoms with Crippen LogP contribution in [-0.2, 0) is 16.1 Å². The molecule has 0 radical (unpaired) electrons. The molecule has 0 aliphatic rings. The van der Waals surface area contributed by atoms with E-state index in [4.69, 9.17) is 19.3 Å². The molecule has 0 bridgehead atoms. The van der Waals surface area contributed by atoms with Crippen LogP contribution in [0.5, 0.6) is 5.75 Å². The lowest BCUT2D eigenvalue weighted by Gasteiger charge is -2.17. The summed E-state index contributed by atoms with van der Waals surface area (Å²) in [7, 11) is 0. The van der Waals surface area contributed by atoms with E-state index in [0.717, 1.165) is 11.3 Å². The summed E-state index contributed by atoms with van der Waals surface area (Å²) in [5, 5.41) is 8.91. The van der Waals surface area contributed by atoms with E-state index in [1.165, 1.54) is 0 Å². The second-order valence-corrected chi connectivity index (χ2v) is 3.45. The van der Waals surface area contributed by atoms with Crippen LogP contribution in [0.1, 0.15) is 19.4 Å². The molecule has 17 heavy (non-hydrogen) atoms. The maximum absolute atomic E-state index is 8.91. The molecule has 4 nitrogen and oxygen atoms in total. The van der Waals surface area contributed by atoms with E-state index in [2.05, 4.69) is 0 Å². The van der Waals surface area contributed by atoms with Gasteiger partial charge in [-0.2, -0.15) is 0 Å². The highest BCUT2D eigenvalue weighted by Crippen LogP contribution is 2.13. The largest absolute Gasteiger partial charge is 0.488 e. The van der Waals surface area contributed by atoms with Gasteiger partial charge in [-0.25, -0.2) is 0 Å². The molecule has 0 saturated heterocycles. The molecule has 0 heterocycles. The maximum Gasteiger partial charge on any atom is 0.191 e. The van der Waals surface area contributed by atoms with Gasteiger partial charge in [-0.05, 0) is 31.5 Å². The third-order valence-electron chi connectivity index (χ3n) is 2.20. The van der Waals surface area contributed by atoms with Gasteiger partial charge in [0.1, 0.15) is 12.4 Å². The fourth-order valence-corrected chi connectivity index (χ4v) is 1.37. The third kappa shape index (κ3) is 5.17. The van der Waals surface area contributed by atoms with Crippen molar-refractivity contribution in [2.75, 3.05) is 19.8 Å². The van der Waals surface area contributed by atoms with Crippen LogP contribution in [0.25, 0.3) is 0 Å². The van der Waals surface area contributed by atoms with Crippen molar-refractivity contribution < 1.29 is 19.3 Å². The van der Waals surface area contributed by atoms with Crippen LogP contribution < -0.4 is 4.74 Å². The van der Waals surface area contributed by atoms with Crippen LogP contribution in [0.15, 0.2) is 24.3 Å². The van der Waals surface area contributed by atoms with Gasteiger partial charge in [0, 0.05) is 13.2 Å². The molecule has 0 saturated carbocycles. The first kappa shape index (κ1) is 14.0. The molecule has 1 aromatic rings. The van der Waals surface area contributed by atoms with Crippen LogP contribution in [-0.4, -0.2) is 31.2 Å². The molecule has 1 N–H and O–H groups in total. The van der Waals surface area contributed by atoms with E-state index in [1.807, 2.05) is 38.1 Å². The van der Waals surface area contributed by atoms with Crippen LogP contribution in [0.4, 0.5) is 0 Å². The van der Waals surface area contributed by atoms with Gasteiger partial charge in [-0.15, -0.1) is 0 Å². The molecule has 0 spiro atoms. The molecule has 0 aliphatic carbocycles. The van der Waals surface area contributed by atoms with Gasteiger partial charge in [0.05, 0.1) is 6.61 Å². The lowest BCUT2D eigenvalue weighted by atomic mass is 10.2. The molecular formula is C13H20O4. The number of aliphatic hydroxyl groups excluding tert-OH is 1. The summed E-state index contributed by atoms with van der Waals surface area (Å²) in [4.78, 5) is 0. The van der Waals surface area contributed by atoms with Crippen molar-refractivity contribution in [3.05, 3.63) is 29.8 Å². The summed E-state index contributed by atoms with van der Waals surface area (Å²) in [6.45, 7) is 5.43. The second kappa shape index (κ2) is 8.06. The van der Waals surface area contributed by atoms with Gasteiger partial charge in [0.15, 0.2) is 6.29 Å². The van der Waals surface area contributed by atoms with E-state index < -0.39 is 0 Å². The Labute approximate surface area is 102 Å². The molecule has 0 aromatic heterocycles. The van der Waals surface area contributed by atoms with Crippen molar-refractivity contribution in [2.45, 2.75) is 26.7 Å². The van der Waals surface area contributed by atoms with Crippen molar-refractivity contribution in [1.82, 2.24) is 0 Å². The van der Waals surface area contributed by atoms with Crippen molar-refractivity contribution >= 4 is 0 Å². The van der Waals surface area contributed by atoms with Crippen molar-refractivity contribution in [3.63, 3.8) is 0 Å². The third-order valence-corrected chi connectivity index (χ3v) is 2.20. The first-order valence-corrected chi connectivity index (χ1v) is 5.86. The first-order valence-electron chi connectivity index (χ1n) is 5.86. The zero-order valence-corrected chi connectivity index (χ0v) is 10.4. The minimum atomic E-state index is -0.331. The van der Waals surface area contributed by atoms with Gasteiger partial charge in [0.25, 0.3) is 0 Å². The highest BCUT2D eigenvalue weighted by atomic mass is 16.7. The van der Waals surface area contributed by atoms with Crippen LogP contribution in [0, 0.1) is 0 Å². The van der Waals surface area contributed by atoms with E-state index in [9.17, 15) is 0 Å². The van der Waals surface area contributed by atoms with Crippen molar-refractivity contribution in [1.29, 1.82) is 0 Å². The highest BCUT2D eigenvalue weighted by molar-refractivity contribution is 5.26. The molecule has 0 atom stereocenters. The van der Waals surface area contributed by atoms with Gasteiger partial charge >= 0.3 is 0 Å². The Morgan fingerprint density at radius 1 is 1.06 bits per heavy atom. The van der Waals surface area contributed by atoms with E-state index in [0.29, 0.717) is 19.8 Å². The van der Waals surface area contributed by atoms with Crippen molar-refractivity contribution in [2.24, 2.45) is 0 Å². The second-order valence-electron chi connectivity index (χ2n) is 3.45. The Hall–Kier alpha value is -1.10. The number of rotatable bonds is 8. The normalized spacial score (nSPS) is 10.8. The predicted molar refractivity (Wildman–Crippen MR) is 64.9 cm³/mol. The van der Waals surface area contributed by atoms with Gasteiger partial charge in [-0.1, -0.05) is 12.1 Å². The first-order chi connectivity index (χ1) is 8.30. The number of ether oxygens (including phenoxy) is 3. The quantitative estimate of drug-likeness (QED) is 0.706. The monoisotopic (exact) mass is 240 g/mol. The van der Waals surface area contributed by atoms with Crippen LogP contribution in [0.3, 0.4) is 0 Å². The molecule has 0 unspecified atom stereocenters. The maximum atomic E-state index is 8.91. The molecule has 1 rings (SSSR count). The number of hydrogen-bond donors (Lipinski definition) is 1. The Bertz CT molecular complexity index is 291. The Morgan fingerprint density at radius 3 is 2.12 bits per heavy atom. The lowest BCUT2D eigenvalue weighted by molar-refractivity contribution is -0.152. The highest BCUT2D eigenvalue weighted by Gasteiger charge is 2.08. The zero-order chi connectivity index (χ0) is 12.5. The Morgan fingerprint density at radius 2 is 1.65 bits per heavy atom.